The minimum atomic E-state index is 0.196. The standard InChI is InChI=1S/C9H12N2O/c1-10-4-2-3-8-5-9(12)7-11-6-8/h2-3,5-7,10,12H,4H2,1H3. The number of aromatic nitrogens is 1. The molecule has 0 radical (unpaired) electrons. The first kappa shape index (κ1) is 8.74. The van der Waals surface area contributed by atoms with Crippen molar-refractivity contribution in [2.75, 3.05) is 13.6 Å². The summed E-state index contributed by atoms with van der Waals surface area (Å²) in [6, 6.07) is 1.67. The Morgan fingerprint density at radius 1 is 1.58 bits per heavy atom. The smallest absolute Gasteiger partial charge is 0.134 e. The molecule has 2 N–H and O–H groups in total. The molecule has 0 bridgehead atoms. The van der Waals surface area contributed by atoms with Gasteiger partial charge in [-0.05, 0) is 18.7 Å². The monoisotopic (exact) mass is 164 g/mol. The molecule has 0 fully saturated rings. The van der Waals surface area contributed by atoms with E-state index in [0.717, 1.165) is 12.1 Å². The maximum absolute atomic E-state index is 9.06. The zero-order valence-electron chi connectivity index (χ0n) is 6.99. The number of hydrogen-bond acceptors (Lipinski definition) is 3. The lowest BCUT2D eigenvalue weighted by atomic mass is 10.2. The summed E-state index contributed by atoms with van der Waals surface area (Å²) in [7, 11) is 1.88. The first-order chi connectivity index (χ1) is 5.83. The first-order valence-electron chi connectivity index (χ1n) is 3.78. The highest BCUT2D eigenvalue weighted by Gasteiger charge is 1.88. The van der Waals surface area contributed by atoms with E-state index in [1.807, 2.05) is 19.2 Å². The molecule has 0 amide bonds. The topological polar surface area (TPSA) is 45.2 Å². The fraction of sp³-hybridized carbons (Fsp3) is 0.222. The van der Waals surface area contributed by atoms with Gasteiger partial charge in [0.15, 0.2) is 0 Å². The number of nitrogens with zero attached hydrogens (tertiary/aromatic N) is 1. The van der Waals surface area contributed by atoms with E-state index in [-0.39, 0.29) is 5.75 Å². The van der Waals surface area contributed by atoms with Crippen LogP contribution in [0.1, 0.15) is 5.56 Å². The summed E-state index contributed by atoms with van der Waals surface area (Å²) in [4.78, 5) is 3.84. The molecule has 64 valence electrons. The van der Waals surface area contributed by atoms with Gasteiger partial charge in [-0.25, -0.2) is 0 Å². The number of likely N-dealkylation sites (N-methyl/N-ethyl adjacent to an activating group) is 1. The molecule has 0 aromatic carbocycles. The second kappa shape index (κ2) is 4.51. The Labute approximate surface area is 71.8 Å². The molecule has 0 spiro atoms. The lowest BCUT2D eigenvalue weighted by Gasteiger charge is -1.93. The summed E-state index contributed by atoms with van der Waals surface area (Å²) < 4.78 is 0. The summed E-state index contributed by atoms with van der Waals surface area (Å²) in [6.45, 7) is 0.815. The highest BCUT2D eigenvalue weighted by atomic mass is 16.3. The van der Waals surface area contributed by atoms with Crippen molar-refractivity contribution in [3.63, 3.8) is 0 Å². The summed E-state index contributed by atoms with van der Waals surface area (Å²) >= 11 is 0. The third-order valence-corrected chi connectivity index (χ3v) is 1.38. The Balaban J connectivity index is 2.63. The van der Waals surface area contributed by atoms with Gasteiger partial charge in [0, 0.05) is 12.7 Å². The van der Waals surface area contributed by atoms with Crippen molar-refractivity contribution in [3.8, 4) is 5.75 Å². The number of pyridine rings is 1. The molecular weight excluding hydrogens is 152 g/mol. The van der Waals surface area contributed by atoms with Gasteiger partial charge < -0.3 is 10.4 Å². The summed E-state index contributed by atoms with van der Waals surface area (Å²) in [5, 5.41) is 12.0. The van der Waals surface area contributed by atoms with Gasteiger partial charge >= 0.3 is 0 Å². The molecule has 1 rings (SSSR count). The van der Waals surface area contributed by atoms with Crippen molar-refractivity contribution in [1.29, 1.82) is 0 Å². The van der Waals surface area contributed by atoms with Crippen molar-refractivity contribution in [3.05, 3.63) is 30.1 Å². The van der Waals surface area contributed by atoms with Crippen LogP contribution in [0.2, 0.25) is 0 Å². The second-order valence-corrected chi connectivity index (χ2v) is 2.44. The normalized spacial score (nSPS) is 10.8. The van der Waals surface area contributed by atoms with E-state index < -0.39 is 0 Å². The first-order valence-corrected chi connectivity index (χ1v) is 3.78. The van der Waals surface area contributed by atoms with Crippen LogP contribution in [-0.2, 0) is 0 Å². The van der Waals surface area contributed by atoms with Gasteiger partial charge in [-0.2, -0.15) is 0 Å². The summed E-state index contributed by atoms with van der Waals surface area (Å²) in [5.74, 6) is 0.196. The fourth-order valence-electron chi connectivity index (χ4n) is 0.849. The highest BCUT2D eigenvalue weighted by Crippen LogP contribution is 2.09. The average Bonchev–Trinajstić information content (AvgIpc) is 2.05. The van der Waals surface area contributed by atoms with Gasteiger partial charge in [0.1, 0.15) is 5.75 Å². The molecule has 0 aliphatic heterocycles. The van der Waals surface area contributed by atoms with Gasteiger partial charge in [0.05, 0.1) is 6.20 Å². The number of rotatable bonds is 3. The van der Waals surface area contributed by atoms with E-state index >= 15 is 0 Å². The van der Waals surface area contributed by atoms with E-state index in [0.29, 0.717) is 0 Å². The Morgan fingerprint density at radius 2 is 2.42 bits per heavy atom. The molecular formula is C9H12N2O. The summed E-state index contributed by atoms with van der Waals surface area (Å²) in [5.41, 5.74) is 0.908. The Morgan fingerprint density at radius 3 is 3.08 bits per heavy atom. The van der Waals surface area contributed by atoms with Crippen molar-refractivity contribution in [2.45, 2.75) is 0 Å². The van der Waals surface area contributed by atoms with Crippen LogP contribution in [0.25, 0.3) is 6.08 Å². The van der Waals surface area contributed by atoms with Crippen LogP contribution < -0.4 is 5.32 Å². The number of aromatic hydroxyl groups is 1. The van der Waals surface area contributed by atoms with Crippen LogP contribution in [0, 0.1) is 0 Å². The van der Waals surface area contributed by atoms with E-state index in [1.54, 1.807) is 12.3 Å². The van der Waals surface area contributed by atoms with Crippen LogP contribution in [0.5, 0.6) is 5.75 Å². The minimum absolute atomic E-state index is 0.196. The highest BCUT2D eigenvalue weighted by molar-refractivity contribution is 5.49. The molecule has 1 aromatic rings. The van der Waals surface area contributed by atoms with Crippen LogP contribution in [0.3, 0.4) is 0 Å². The fourth-order valence-corrected chi connectivity index (χ4v) is 0.849. The Hall–Kier alpha value is -1.35. The quantitative estimate of drug-likeness (QED) is 0.701. The van der Waals surface area contributed by atoms with Gasteiger partial charge in [-0.3, -0.25) is 4.98 Å². The molecule has 0 aliphatic rings. The second-order valence-electron chi connectivity index (χ2n) is 2.44. The van der Waals surface area contributed by atoms with E-state index in [9.17, 15) is 0 Å². The number of hydrogen-bond donors (Lipinski definition) is 2. The molecule has 0 saturated carbocycles. The van der Waals surface area contributed by atoms with Crippen molar-refractivity contribution in [1.82, 2.24) is 10.3 Å². The molecule has 3 heteroatoms. The predicted molar refractivity (Wildman–Crippen MR) is 48.9 cm³/mol. The lowest BCUT2D eigenvalue weighted by molar-refractivity contribution is 0.472. The Kier molecular flexibility index (Phi) is 3.29. The number of nitrogens with one attached hydrogen (secondary N) is 1. The molecule has 1 aromatic heterocycles. The van der Waals surface area contributed by atoms with Crippen LogP contribution in [0.4, 0.5) is 0 Å². The van der Waals surface area contributed by atoms with E-state index in [2.05, 4.69) is 10.3 Å². The molecule has 0 unspecified atom stereocenters. The zero-order valence-corrected chi connectivity index (χ0v) is 6.99. The van der Waals surface area contributed by atoms with Crippen molar-refractivity contribution >= 4 is 6.08 Å². The lowest BCUT2D eigenvalue weighted by Crippen LogP contribution is -2.03. The molecule has 0 atom stereocenters. The molecule has 3 nitrogen and oxygen atoms in total. The third-order valence-electron chi connectivity index (χ3n) is 1.38. The van der Waals surface area contributed by atoms with Gasteiger partial charge in [0.25, 0.3) is 0 Å². The molecule has 12 heavy (non-hydrogen) atoms. The maximum atomic E-state index is 9.06. The average molecular weight is 164 g/mol. The molecule has 0 saturated heterocycles. The summed E-state index contributed by atoms with van der Waals surface area (Å²) in [6.07, 6.45) is 6.99. The van der Waals surface area contributed by atoms with Gasteiger partial charge in [-0.1, -0.05) is 12.2 Å². The third kappa shape index (κ3) is 2.72. The molecule has 1 heterocycles. The van der Waals surface area contributed by atoms with Crippen LogP contribution in [-0.4, -0.2) is 23.7 Å². The largest absolute Gasteiger partial charge is 0.506 e. The SMILES string of the molecule is CNCC=Cc1cncc(O)c1. The Bertz CT molecular complexity index is 271. The van der Waals surface area contributed by atoms with Crippen molar-refractivity contribution in [2.24, 2.45) is 0 Å². The van der Waals surface area contributed by atoms with Crippen LogP contribution in [0.15, 0.2) is 24.5 Å². The van der Waals surface area contributed by atoms with E-state index in [1.165, 1.54) is 6.20 Å². The van der Waals surface area contributed by atoms with Gasteiger partial charge in [-0.15, -0.1) is 0 Å². The molecule has 0 aliphatic carbocycles. The van der Waals surface area contributed by atoms with E-state index in [4.69, 9.17) is 5.11 Å². The van der Waals surface area contributed by atoms with Gasteiger partial charge in [0.2, 0.25) is 0 Å². The zero-order chi connectivity index (χ0) is 8.81. The predicted octanol–water partition coefficient (Wildman–Crippen LogP) is 1.02. The maximum Gasteiger partial charge on any atom is 0.134 e. The minimum Gasteiger partial charge on any atom is -0.506 e. The van der Waals surface area contributed by atoms with Crippen molar-refractivity contribution < 1.29 is 5.11 Å². The van der Waals surface area contributed by atoms with Crippen LogP contribution >= 0.6 is 0 Å².